The lowest BCUT2D eigenvalue weighted by Crippen LogP contribution is -2.58. The Balaban J connectivity index is 2.06. The fourth-order valence-electron chi connectivity index (χ4n) is 3.04. The van der Waals surface area contributed by atoms with Gasteiger partial charge in [-0.25, -0.2) is 0 Å². The number of nitrogens with two attached hydrogens (primary N) is 1. The second kappa shape index (κ2) is 3.82. The van der Waals surface area contributed by atoms with E-state index in [9.17, 15) is 0 Å². The van der Waals surface area contributed by atoms with Crippen LogP contribution in [0.15, 0.2) is 0 Å². The molecule has 2 rings (SSSR count). The second-order valence-electron chi connectivity index (χ2n) is 5.13. The van der Waals surface area contributed by atoms with E-state index < -0.39 is 0 Å². The van der Waals surface area contributed by atoms with Gasteiger partial charge in [0, 0.05) is 18.1 Å². The molecule has 14 heavy (non-hydrogen) atoms. The first-order chi connectivity index (χ1) is 6.74. The molecular formula is C12H24N2. The molecule has 0 bridgehead atoms. The molecule has 0 spiro atoms. The van der Waals surface area contributed by atoms with E-state index in [4.69, 9.17) is 5.73 Å². The molecule has 2 N–H and O–H groups in total. The van der Waals surface area contributed by atoms with Crippen LogP contribution in [-0.4, -0.2) is 30.1 Å². The van der Waals surface area contributed by atoms with Crippen molar-refractivity contribution in [3.63, 3.8) is 0 Å². The average molecular weight is 196 g/mol. The Labute approximate surface area is 87.8 Å². The van der Waals surface area contributed by atoms with Crippen molar-refractivity contribution in [3.8, 4) is 0 Å². The third kappa shape index (κ3) is 1.49. The fraction of sp³-hybridized carbons (Fsp3) is 1.00. The Hall–Kier alpha value is -0.0800. The van der Waals surface area contributed by atoms with Crippen LogP contribution in [0.1, 0.15) is 45.4 Å². The van der Waals surface area contributed by atoms with Crippen molar-refractivity contribution in [2.24, 2.45) is 11.7 Å². The zero-order valence-corrected chi connectivity index (χ0v) is 9.63. The molecule has 1 unspecified atom stereocenters. The van der Waals surface area contributed by atoms with Gasteiger partial charge in [0.25, 0.3) is 0 Å². The summed E-state index contributed by atoms with van der Waals surface area (Å²) in [6.07, 6.45) is 8.24. The van der Waals surface area contributed by atoms with Crippen molar-refractivity contribution in [2.45, 2.75) is 57.0 Å². The average Bonchev–Trinajstić information content (AvgIpc) is 2.88. The quantitative estimate of drug-likeness (QED) is 0.728. The van der Waals surface area contributed by atoms with Gasteiger partial charge >= 0.3 is 0 Å². The van der Waals surface area contributed by atoms with E-state index in [1.807, 2.05) is 0 Å². The Kier molecular flexibility index (Phi) is 2.85. The van der Waals surface area contributed by atoms with Crippen molar-refractivity contribution >= 4 is 0 Å². The van der Waals surface area contributed by atoms with E-state index in [0.29, 0.717) is 5.54 Å². The number of rotatable bonds is 5. The van der Waals surface area contributed by atoms with Crippen LogP contribution in [0.2, 0.25) is 0 Å². The lowest BCUT2D eigenvalue weighted by atomic mass is 9.82. The van der Waals surface area contributed by atoms with Crippen LogP contribution in [0.5, 0.6) is 0 Å². The van der Waals surface area contributed by atoms with Crippen molar-refractivity contribution in [3.05, 3.63) is 0 Å². The lowest BCUT2D eigenvalue weighted by molar-refractivity contribution is 0.0195. The van der Waals surface area contributed by atoms with Crippen LogP contribution in [0.25, 0.3) is 0 Å². The molecular weight excluding hydrogens is 172 g/mol. The number of nitrogens with zero attached hydrogens (tertiary/aromatic N) is 1. The highest BCUT2D eigenvalue weighted by Crippen LogP contribution is 2.46. The first-order valence-corrected chi connectivity index (χ1v) is 6.17. The Morgan fingerprint density at radius 3 is 2.21 bits per heavy atom. The van der Waals surface area contributed by atoms with Crippen LogP contribution >= 0.6 is 0 Å². The molecule has 2 fully saturated rings. The van der Waals surface area contributed by atoms with Gasteiger partial charge in [-0.15, -0.1) is 0 Å². The molecule has 2 heteroatoms. The number of hydrogen-bond donors (Lipinski definition) is 1. The van der Waals surface area contributed by atoms with Crippen molar-refractivity contribution in [1.82, 2.24) is 4.90 Å². The van der Waals surface area contributed by atoms with Crippen LogP contribution in [0, 0.1) is 5.92 Å². The van der Waals surface area contributed by atoms with Crippen LogP contribution in [-0.2, 0) is 0 Å². The summed E-state index contributed by atoms with van der Waals surface area (Å²) in [5.41, 5.74) is 6.37. The molecule has 0 aromatic rings. The van der Waals surface area contributed by atoms with Crippen LogP contribution in [0.3, 0.4) is 0 Å². The maximum absolute atomic E-state index is 6.04. The monoisotopic (exact) mass is 196 g/mol. The van der Waals surface area contributed by atoms with E-state index in [-0.39, 0.29) is 0 Å². The topological polar surface area (TPSA) is 29.3 Å². The molecule has 2 aliphatic rings. The van der Waals surface area contributed by atoms with Gasteiger partial charge < -0.3 is 5.73 Å². The van der Waals surface area contributed by atoms with Crippen molar-refractivity contribution < 1.29 is 0 Å². The van der Waals surface area contributed by atoms with E-state index in [2.05, 4.69) is 18.9 Å². The van der Waals surface area contributed by atoms with Gasteiger partial charge in [0.05, 0.1) is 0 Å². The summed E-state index contributed by atoms with van der Waals surface area (Å²) >= 11 is 0. The molecule has 0 saturated heterocycles. The molecule has 0 amide bonds. The lowest BCUT2D eigenvalue weighted by Gasteiger charge is -2.48. The molecule has 1 atom stereocenters. The van der Waals surface area contributed by atoms with Gasteiger partial charge in [0.15, 0.2) is 0 Å². The Morgan fingerprint density at radius 1 is 1.29 bits per heavy atom. The smallest absolute Gasteiger partial charge is 0.0357 e. The van der Waals surface area contributed by atoms with Crippen LogP contribution in [0.4, 0.5) is 0 Å². The summed E-state index contributed by atoms with van der Waals surface area (Å²) < 4.78 is 0. The van der Waals surface area contributed by atoms with Crippen molar-refractivity contribution in [1.29, 1.82) is 0 Å². The third-order valence-electron chi connectivity index (χ3n) is 4.63. The highest BCUT2D eigenvalue weighted by Gasteiger charge is 2.48. The fourth-order valence-corrected chi connectivity index (χ4v) is 3.04. The van der Waals surface area contributed by atoms with E-state index in [0.717, 1.165) is 18.5 Å². The SMILES string of the molecule is CCC(CN)(C1CC1)N(C)C1CCC1. The molecule has 0 aromatic carbocycles. The highest BCUT2D eigenvalue weighted by molar-refractivity contribution is 5.04. The molecule has 0 heterocycles. The zero-order chi connectivity index (χ0) is 10.2. The summed E-state index contributed by atoms with van der Waals surface area (Å²) in [6.45, 7) is 3.15. The molecule has 2 aliphatic carbocycles. The minimum atomic E-state index is 0.338. The third-order valence-corrected chi connectivity index (χ3v) is 4.63. The summed E-state index contributed by atoms with van der Waals surface area (Å²) in [5.74, 6) is 0.892. The molecule has 0 aromatic heterocycles. The van der Waals surface area contributed by atoms with Gasteiger partial charge in [-0.05, 0) is 45.1 Å². The predicted octanol–water partition coefficient (Wildman–Crippen LogP) is 1.99. The minimum Gasteiger partial charge on any atom is -0.329 e. The van der Waals surface area contributed by atoms with E-state index in [1.165, 1.54) is 38.5 Å². The van der Waals surface area contributed by atoms with Gasteiger partial charge in [-0.1, -0.05) is 13.3 Å². The first kappa shape index (κ1) is 10.4. The summed E-state index contributed by atoms with van der Waals surface area (Å²) in [4.78, 5) is 2.62. The minimum absolute atomic E-state index is 0.338. The van der Waals surface area contributed by atoms with Gasteiger partial charge in [0.1, 0.15) is 0 Å². The van der Waals surface area contributed by atoms with Gasteiger partial charge in [0.2, 0.25) is 0 Å². The summed E-state index contributed by atoms with van der Waals surface area (Å²) in [6, 6.07) is 0.832. The largest absolute Gasteiger partial charge is 0.329 e. The summed E-state index contributed by atoms with van der Waals surface area (Å²) in [5, 5.41) is 0. The maximum Gasteiger partial charge on any atom is 0.0357 e. The molecule has 0 radical (unpaired) electrons. The molecule has 0 aliphatic heterocycles. The van der Waals surface area contributed by atoms with Gasteiger partial charge in [-0.2, -0.15) is 0 Å². The highest BCUT2D eigenvalue weighted by atomic mass is 15.2. The maximum atomic E-state index is 6.04. The van der Waals surface area contributed by atoms with E-state index in [1.54, 1.807) is 0 Å². The molecule has 2 saturated carbocycles. The van der Waals surface area contributed by atoms with Crippen LogP contribution < -0.4 is 5.73 Å². The molecule has 2 nitrogen and oxygen atoms in total. The number of likely N-dealkylation sites (N-methyl/N-ethyl adjacent to an activating group) is 1. The Morgan fingerprint density at radius 2 is 1.93 bits per heavy atom. The van der Waals surface area contributed by atoms with Gasteiger partial charge in [-0.3, -0.25) is 4.90 Å². The predicted molar refractivity (Wildman–Crippen MR) is 60.2 cm³/mol. The van der Waals surface area contributed by atoms with E-state index >= 15 is 0 Å². The van der Waals surface area contributed by atoms with Crippen molar-refractivity contribution in [2.75, 3.05) is 13.6 Å². The standard InChI is InChI=1S/C12H24N2/c1-3-12(9-13,10-7-8-10)14(2)11-5-4-6-11/h10-11H,3-9,13H2,1-2H3. The normalized spacial score (nSPS) is 27.4. The molecule has 82 valence electrons. The second-order valence-corrected chi connectivity index (χ2v) is 5.13. The zero-order valence-electron chi connectivity index (χ0n) is 9.63. The Bertz CT molecular complexity index is 190. The first-order valence-electron chi connectivity index (χ1n) is 6.17. The number of hydrogen-bond acceptors (Lipinski definition) is 2. The summed E-state index contributed by atoms with van der Waals surface area (Å²) in [7, 11) is 2.30.